The normalized spacial score (nSPS) is 23.9. The van der Waals surface area contributed by atoms with Crippen LogP contribution in [0.4, 0.5) is 15.0 Å². The van der Waals surface area contributed by atoms with Gasteiger partial charge in [0.2, 0.25) is 0 Å². The third-order valence-electron chi connectivity index (χ3n) is 5.66. The lowest BCUT2D eigenvalue weighted by molar-refractivity contribution is 0.0213. The van der Waals surface area contributed by atoms with E-state index in [1.807, 2.05) is 31.7 Å². The van der Waals surface area contributed by atoms with E-state index < -0.39 is 5.60 Å². The van der Waals surface area contributed by atoms with Crippen molar-refractivity contribution in [3.8, 4) is 11.1 Å². The first kappa shape index (κ1) is 18.7. The molecule has 148 valence electrons. The number of anilines is 1. The van der Waals surface area contributed by atoms with Gasteiger partial charge in [0.1, 0.15) is 17.2 Å². The van der Waals surface area contributed by atoms with Crippen LogP contribution in [0.5, 0.6) is 0 Å². The summed E-state index contributed by atoms with van der Waals surface area (Å²) >= 11 is 0. The van der Waals surface area contributed by atoms with E-state index >= 15 is 0 Å². The average molecular weight is 383 g/mol. The van der Waals surface area contributed by atoms with Gasteiger partial charge in [0, 0.05) is 29.8 Å². The standard InChI is InChI=1S/C22H26FN3O2/c1-22(2,3)28-21(27)26-16-8-9-19(26)17(11-16)14-10-18(20(24)25-12-14)13-4-6-15(23)7-5-13/h4-7,10,12,16-17,19H,8-9,11H2,1-3H3,(H2,24,25)/t16-,17?,19+/m0/s1. The van der Waals surface area contributed by atoms with Gasteiger partial charge in [0.15, 0.2) is 0 Å². The number of fused-ring (bicyclic) bond motifs is 2. The number of carbonyl (C=O) groups excluding carboxylic acids is 1. The van der Waals surface area contributed by atoms with Gasteiger partial charge in [-0.05, 0) is 69.4 Å². The zero-order valence-corrected chi connectivity index (χ0v) is 16.5. The molecular weight excluding hydrogens is 357 g/mol. The Morgan fingerprint density at radius 3 is 2.64 bits per heavy atom. The van der Waals surface area contributed by atoms with Crippen molar-refractivity contribution < 1.29 is 13.9 Å². The molecule has 1 amide bonds. The van der Waals surface area contributed by atoms with Gasteiger partial charge in [0.05, 0.1) is 0 Å². The SMILES string of the molecule is CC(C)(C)OC(=O)N1[C@H]2CC[C@@H]1C(c1cnc(N)c(-c3ccc(F)cc3)c1)C2. The first-order valence-corrected chi connectivity index (χ1v) is 9.75. The summed E-state index contributed by atoms with van der Waals surface area (Å²) in [6.07, 6.45) is 4.45. The van der Waals surface area contributed by atoms with E-state index in [2.05, 4.69) is 4.98 Å². The Balaban J connectivity index is 1.61. The molecule has 2 N–H and O–H groups in total. The van der Waals surface area contributed by atoms with Crippen molar-refractivity contribution in [3.05, 3.63) is 47.9 Å². The molecule has 1 aromatic carbocycles. The maximum Gasteiger partial charge on any atom is 0.410 e. The Bertz CT molecular complexity index is 892. The molecule has 0 aliphatic carbocycles. The molecule has 2 aliphatic rings. The van der Waals surface area contributed by atoms with E-state index in [0.717, 1.165) is 36.0 Å². The first-order chi connectivity index (χ1) is 13.2. The molecule has 0 saturated carbocycles. The Morgan fingerprint density at radius 1 is 1.25 bits per heavy atom. The number of halogens is 1. The smallest absolute Gasteiger partial charge is 0.410 e. The van der Waals surface area contributed by atoms with Crippen LogP contribution >= 0.6 is 0 Å². The molecule has 4 rings (SSSR count). The summed E-state index contributed by atoms with van der Waals surface area (Å²) in [6.45, 7) is 5.66. The quantitative estimate of drug-likeness (QED) is 0.814. The lowest BCUT2D eigenvalue weighted by Crippen LogP contribution is -2.40. The van der Waals surface area contributed by atoms with Crippen LogP contribution in [0.15, 0.2) is 36.5 Å². The van der Waals surface area contributed by atoms with E-state index in [-0.39, 0.29) is 29.9 Å². The van der Waals surface area contributed by atoms with E-state index in [1.54, 1.807) is 18.3 Å². The number of ether oxygens (including phenoxy) is 1. The van der Waals surface area contributed by atoms with Gasteiger partial charge in [-0.3, -0.25) is 0 Å². The van der Waals surface area contributed by atoms with Gasteiger partial charge in [-0.2, -0.15) is 0 Å². The van der Waals surface area contributed by atoms with E-state index in [9.17, 15) is 9.18 Å². The second-order valence-electron chi connectivity index (χ2n) is 8.74. The summed E-state index contributed by atoms with van der Waals surface area (Å²) < 4.78 is 18.9. The van der Waals surface area contributed by atoms with Gasteiger partial charge in [0.25, 0.3) is 0 Å². The summed E-state index contributed by atoms with van der Waals surface area (Å²) in [5, 5.41) is 0. The molecule has 2 aliphatic heterocycles. The first-order valence-electron chi connectivity index (χ1n) is 9.75. The highest BCUT2D eigenvalue weighted by Crippen LogP contribution is 2.47. The summed E-state index contributed by atoms with van der Waals surface area (Å²) in [5.41, 5.74) is 8.28. The molecule has 1 unspecified atom stereocenters. The van der Waals surface area contributed by atoms with Crippen LogP contribution in [0.3, 0.4) is 0 Å². The number of nitrogen functional groups attached to an aromatic ring is 1. The van der Waals surface area contributed by atoms with Crippen molar-refractivity contribution in [1.29, 1.82) is 0 Å². The van der Waals surface area contributed by atoms with Crippen molar-refractivity contribution in [3.63, 3.8) is 0 Å². The Hall–Kier alpha value is -2.63. The third kappa shape index (κ3) is 3.43. The minimum Gasteiger partial charge on any atom is -0.444 e. The topological polar surface area (TPSA) is 68.5 Å². The fourth-order valence-electron chi connectivity index (χ4n) is 4.50. The van der Waals surface area contributed by atoms with Crippen LogP contribution in [-0.4, -0.2) is 33.7 Å². The predicted octanol–water partition coefficient (Wildman–Crippen LogP) is 4.73. The number of aromatic nitrogens is 1. The Kier molecular flexibility index (Phi) is 4.52. The molecule has 2 aromatic rings. The molecular formula is C22H26FN3O2. The largest absolute Gasteiger partial charge is 0.444 e. The van der Waals surface area contributed by atoms with Crippen LogP contribution in [0, 0.1) is 5.82 Å². The molecule has 2 bridgehead atoms. The van der Waals surface area contributed by atoms with Crippen molar-refractivity contribution >= 4 is 11.9 Å². The van der Waals surface area contributed by atoms with Crippen LogP contribution in [0.1, 0.15) is 51.5 Å². The number of nitrogens with two attached hydrogens (primary N) is 1. The van der Waals surface area contributed by atoms with Crippen LogP contribution < -0.4 is 5.73 Å². The molecule has 0 radical (unpaired) electrons. The van der Waals surface area contributed by atoms with Crippen LogP contribution in [0.2, 0.25) is 0 Å². The lowest BCUT2D eigenvalue weighted by Gasteiger charge is -2.28. The summed E-state index contributed by atoms with van der Waals surface area (Å²) in [5.74, 6) is 0.341. The highest BCUT2D eigenvalue weighted by Gasteiger charge is 2.50. The monoisotopic (exact) mass is 383 g/mol. The fourth-order valence-corrected chi connectivity index (χ4v) is 4.50. The van der Waals surface area contributed by atoms with Crippen LogP contribution in [0.25, 0.3) is 11.1 Å². The van der Waals surface area contributed by atoms with Gasteiger partial charge in [-0.15, -0.1) is 0 Å². The number of amides is 1. The highest BCUT2D eigenvalue weighted by atomic mass is 19.1. The molecule has 28 heavy (non-hydrogen) atoms. The Morgan fingerprint density at radius 2 is 1.96 bits per heavy atom. The number of benzene rings is 1. The molecule has 3 heterocycles. The lowest BCUT2D eigenvalue weighted by atomic mass is 9.84. The van der Waals surface area contributed by atoms with Gasteiger partial charge in [-0.1, -0.05) is 12.1 Å². The Labute approximate surface area is 164 Å². The fraction of sp³-hybridized carbons (Fsp3) is 0.455. The van der Waals surface area contributed by atoms with Gasteiger partial charge in [-0.25, -0.2) is 14.2 Å². The van der Waals surface area contributed by atoms with Gasteiger partial charge < -0.3 is 15.4 Å². The predicted molar refractivity (Wildman–Crippen MR) is 106 cm³/mol. The maximum absolute atomic E-state index is 13.3. The van der Waals surface area contributed by atoms with E-state index in [4.69, 9.17) is 10.5 Å². The minimum atomic E-state index is -0.507. The van der Waals surface area contributed by atoms with E-state index in [0.29, 0.717) is 5.82 Å². The number of carbonyl (C=O) groups is 1. The van der Waals surface area contributed by atoms with Crippen molar-refractivity contribution in [2.24, 2.45) is 0 Å². The number of hydrogen-bond acceptors (Lipinski definition) is 4. The molecule has 2 fully saturated rings. The molecule has 6 heteroatoms. The zero-order chi connectivity index (χ0) is 20.1. The summed E-state index contributed by atoms with van der Waals surface area (Å²) in [7, 11) is 0. The number of rotatable bonds is 2. The number of hydrogen-bond donors (Lipinski definition) is 1. The highest BCUT2D eigenvalue weighted by molar-refractivity contribution is 5.74. The summed E-state index contributed by atoms with van der Waals surface area (Å²) in [6, 6.07) is 8.62. The number of nitrogens with zero attached hydrogens (tertiary/aromatic N) is 2. The second-order valence-corrected chi connectivity index (χ2v) is 8.74. The summed E-state index contributed by atoms with van der Waals surface area (Å²) in [4.78, 5) is 19.0. The molecule has 0 spiro atoms. The minimum absolute atomic E-state index is 0.117. The second kappa shape index (κ2) is 6.76. The molecule has 5 nitrogen and oxygen atoms in total. The van der Waals surface area contributed by atoms with Crippen molar-refractivity contribution in [2.75, 3.05) is 5.73 Å². The van der Waals surface area contributed by atoms with E-state index in [1.165, 1.54) is 12.1 Å². The molecule has 3 atom stereocenters. The molecule has 1 aromatic heterocycles. The average Bonchev–Trinajstić information content (AvgIpc) is 3.20. The number of pyridine rings is 1. The van der Waals surface area contributed by atoms with Crippen molar-refractivity contribution in [2.45, 2.75) is 63.6 Å². The van der Waals surface area contributed by atoms with Crippen LogP contribution in [-0.2, 0) is 4.74 Å². The maximum atomic E-state index is 13.3. The van der Waals surface area contributed by atoms with Gasteiger partial charge >= 0.3 is 6.09 Å². The van der Waals surface area contributed by atoms with Crippen molar-refractivity contribution in [1.82, 2.24) is 9.88 Å². The third-order valence-corrected chi connectivity index (χ3v) is 5.66. The zero-order valence-electron chi connectivity index (χ0n) is 16.5. The molecule has 2 saturated heterocycles.